The van der Waals surface area contributed by atoms with Crippen LogP contribution in [0.2, 0.25) is 0 Å². The van der Waals surface area contributed by atoms with Gasteiger partial charge in [0.15, 0.2) is 0 Å². The first-order valence-corrected chi connectivity index (χ1v) is 10.7. The van der Waals surface area contributed by atoms with E-state index >= 15 is 0 Å². The van der Waals surface area contributed by atoms with E-state index in [0.29, 0.717) is 0 Å². The minimum atomic E-state index is 0. The van der Waals surface area contributed by atoms with Gasteiger partial charge in [-0.3, -0.25) is 0 Å². The number of nitrogens with zero attached hydrogens (tertiary/aromatic N) is 1. The molecule has 0 N–H and O–H groups in total. The van der Waals surface area contributed by atoms with Gasteiger partial charge in [0.1, 0.15) is 5.75 Å². The van der Waals surface area contributed by atoms with E-state index in [1.165, 1.54) is 37.7 Å². The molecule has 2 aromatic rings. The Labute approximate surface area is 176 Å². The minimum absolute atomic E-state index is 0. The van der Waals surface area contributed by atoms with Crippen molar-refractivity contribution in [3.63, 3.8) is 0 Å². The summed E-state index contributed by atoms with van der Waals surface area (Å²) >= 11 is 0. The van der Waals surface area contributed by atoms with E-state index < -0.39 is 0 Å². The molecule has 3 atom stereocenters. The summed E-state index contributed by atoms with van der Waals surface area (Å²) in [6.45, 7) is 1.88. The van der Waals surface area contributed by atoms with Gasteiger partial charge in [0.05, 0.1) is 6.61 Å². The molecule has 2 aliphatic rings. The zero-order chi connectivity index (χ0) is 18.6. The van der Waals surface area contributed by atoms with Crippen LogP contribution in [0.25, 0.3) is 0 Å². The third-order valence-corrected chi connectivity index (χ3v) is 6.57. The van der Waals surface area contributed by atoms with Crippen LogP contribution in [-0.4, -0.2) is 32.1 Å². The zero-order valence-electron chi connectivity index (χ0n) is 17.3. The SMILES string of the molecule is CN(C)CCCOc1ccc2c(c1)CC[C@@H]1[C@@H](c3ccccc3)CCC[C@H]21.Cl. The summed E-state index contributed by atoms with van der Waals surface area (Å²) in [6.07, 6.45) is 7.66. The first-order valence-electron chi connectivity index (χ1n) is 10.7. The molecule has 2 aromatic carbocycles. The van der Waals surface area contributed by atoms with Crippen molar-refractivity contribution >= 4 is 12.4 Å². The maximum absolute atomic E-state index is 6.02. The maximum atomic E-state index is 6.02. The maximum Gasteiger partial charge on any atom is 0.119 e. The van der Waals surface area contributed by atoms with Crippen molar-refractivity contribution in [1.29, 1.82) is 0 Å². The van der Waals surface area contributed by atoms with Crippen molar-refractivity contribution in [2.75, 3.05) is 27.2 Å². The zero-order valence-corrected chi connectivity index (χ0v) is 18.1. The van der Waals surface area contributed by atoms with Crippen molar-refractivity contribution in [2.24, 2.45) is 5.92 Å². The van der Waals surface area contributed by atoms with Crippen molar-refractivity contribution in [1.82, 2.24) is 4.90 Å². The quantitative estimate of drug-likeness (QED) is 0.548. The van der Waals surface area contributed by atoms with E-state index in [-0.39, 0.29) is 12.4 Å². The first kappa shape index (κ1) is 21.2. The summed E-state index contributed by atoms with van der Waals surface area (Å²) in [5.74, 6) is 3.33. The number of hydrogen-bond acceptors (Lipinski definition) is 2. The van der Waals surface area contributed by atoms with Gasteiger partial charge >= 0.3 is 0 Å². The lowest BCUT2D eigenvalue weighted by atomic mass is 9.62. The average molecular weight is 400 g/mol. The Morgan fingerprint density at radius 1 is 0.964 bits per heavy atom. The van der Waals surface area contributed by atoms with Gasteiger partial charge < -0.3 is 9.64 Å². The summed E-state index contributed by atoms with van der Waals surface area (Å²) in [6, 6.07) is 18.1. The molecule has 4 rings (SSSR count). The second-order valence-corrected chi connectivity index (χ2v) is 8.62. The summed E-state index contributed by atoms with van der Waals surface area (Å²) in [5, 5.41) is 0. The number of rotatable bonds is 6. The van der Waals surface area contributed by atoms with Gasteiger partial charge in [0.2, 0.25) is 0 Å². The van der Waals surface area contributed by atoms with E-state index in [9.17, 15) is 0 Å². The van der Waals surface area contributed by atoms with Crippen LogP contribution in [0.3, 0.4) is 0 Å². The Balaban J connectivity index is 0.00000225. The molecule has 0 spiro atoms. The van der Waals surface area contributed by atoms with Gasteiger partial charge in [0, 0.05) is 6.54 Å². The number of benzene rings is 2. The summed E-state index contributed by atoms with van der Waals surface area (Å²) in [4.78, 5) is 2.21. The van der Waals surface area contributed by atoms with Gasteiger partial charge in [-0.1, -0.05) is 42.8 Å². The van der Waals surface area contributed by atoms with Crippen LogP contribution in [0.5, 0.6) is 5.75 Å². The van der Waals surface area contributed by atoms with Gasteiger partial charge in [-0.15, -0.1) is 12.4 Å². The van der Waals surface area contributed by atoms with Gasteiger partial charge in [0.25, 0.3) is 0 Å². The largest absolute Gasteiger partial charge is 0.494 e. The molecule has 0 bridgehead atoms. The molecule has 1 saturated carbocycles. The molecule has 0 saturated heterocycles. The molecule has 152 valence electrons. The highest BCUT2D eigenvalue weighted by atomic mass is 35.5. The third kappa shape index (κ3) is 4.72. The van der Waals surface area contributed by atoms with Gasteiger partial charge in [-0.25, -0.2) is 0 Å². The molecule has 2 nitrogen and oxygen atoms in total. The number of fused-ring (bicyclic) bond motifs is 3. The molecule has 0 aliphatic heterocycles. The predicted molar refractivity (Wildman–Crippen MR) is 120 cm³/mol. The molecule has 0 amide bonds. The Bertz CT molecular complexity index is 745. The Hall–Kier alpha value is -1.51. The van der Waals surface area contributed by atoms with Crippen molar-refractivity contribution in [3.8, 4) is 5.75 Å². The van der Waals surface area contributed by atoms with Crippen LogP contribution < -0.4 is 4.74 Å². The minimum Gasteiger partial charge on any atom is -0.494 e. The lowest BCUT2D eigenvalue weighted by molar-refractivity contribution is 0.235. The van der Waals surface area contributed by atoms with Crippen LogP contribution in [0, 0.1) is 5.92 Å². The average Bonchev–Trinajstić information content (AvgIpc) is 2.71. The highest BCUT2D eigenvalue weighted by Gasteiger charge is 2.38. The van der Waals surface area contributed by atoms with E-state index in [4.69, 9.17) is 4.74 Å². The Morgan fingerprint density at radius 2 is 1.75 bits per heavy atom. The lowest BCUT2D eigenvalue weighted by Gasteiger charge is -2.43. The Kier molecular flexibility index (Phi) is 7.42. The van der Waals surface area contributed by atoms with Gasteiger partial charge in [-0.05, 0) is 92.8 Å². The number of aryl methyl sites for hydroxylation is 1. The van der Waals surface area contributed by atoms with Crippen LogP contribution in [0.4, 0.5) is 0 Å². The normalized spacial score (nSPS) is 23.5. The summed E-state index contributed by atoms with van der Waals surface area (Å²) in [5.41, 5.74) is 4.69. The number of ether oxygens (including phenoxy) is 1. The van der Waals surface area contributed by atoms with E-state index in [1.54, 1.807) is 11.1 Å². The molecule has 0 aromatic heterocycles. The summed E-state index contributed by atoms with van der Waals surface area (Å²) in [7, 11) is 4.23. The van der Waals surface area contributed by atoms with Gasteiger partial charge in [-0.2, -0.15) is 0 Å². The molecule has 28 heavy (non-hydrogen) atoms. The summed E-state index contributed by atoms with van der Waals surface area (Å²) < 4.78 is 6.02. The van der Waals surface area contributed by atoms with Crippen LogP contribution in [-0.2, 0) is 6.42 Å². The fourth-order valence-corrected chi connectivity index (χ4v) is 5.31. The van der Waals surface area contributed by atoms with E-state index in [0.717, 1.165) is 43.1 Å². The third-order valence-electron chi connectivity index (χ3n) is 6.57. The molecule has 0 unspecified atom stereocenters. The monoisotopic (exact) mass is 399 g/mol. The molecule has 0 heterocycles. The fraction of sp³-hybridized carbons (Fsp3) is 0.520. The topological polar surface area (TPSA) is 12.5 Å². The fourth-order valence-electron chi connectivity index (χ4n) is 5.31. The molecule has 3 heteroatoms. The predicted octanol–water partition coefficient (Wildman–Crippen LogP) is 6.05. The highest BCUT2D eigenvalue weighted by molar-refractivity contribution is 5.85. The van der Waals surface area contributed by atoms with E-state index in [1.807, 2.05) is 0 Å². The second kappa shape index (κ2) is 9.80. The number of halogens is 1. The molecular weight excluding hydrogens is 366 g/mol. The highest BCUT2D eigenvalue weighted by Crippen LogP contribution is 2.51. The molecule has 0 radical (unpaired) electrons. The van der Waals surface area contributed by atoms with Crippen molar-refractivity contribution in [3.05, 3.63) is 65.2 Å². The standard InChI is InChI=1S/C25H33NO.ClH/c1-26(2)16-7-17-27-21-13-15-23-20(18-21)12-14-25-22(10-6-11-24(23)25)19-8-4-3-5-9-19;/h3-5,8-9,13,15,18,22,24-25H,6-7,10-12,14,16-17H2,1-2H3;1H/t22-,24-,25-;/m1./s1. The molecular formula is C25H34ClNO. The van der Waals surface area contributed by atoms with Crippen molar-refractivity contribution in [2.45, 2.75) is 50.4 Å². The molecule has 1 fully saturated rings. The van der Waals surface area contributed by atoms with Crippen LogP contribution >= 0.6 is 12.4 Å². The van der Waals surface area contributed by atoms with Crippen LogP contribution in [0.15, 0.2) is 48.5 Å². The van der Waals surface area contributed by atoms with Crippen molar-refractivity contribution < 1.29 is 4.74 Å². The second-order valence-electron chi connectivity index (χ2n) is 8.62. The number of hydrogen-bond donors (Lipinski definition) is 0. The Morgan fingerprint density at radius 3 is 2.54 bits per heavy atom. The van der Waals surface area contributed by atoms with E-state index in [2.05, 4.69) is 67.5 Å². The first-order chi connectivity index (χ1) is 13.2. The molecule has 2 aliphatic carbocycles. The smallest absolute Gasteiger partial charge is 0.119 e. The lowest BCUT2D eigenvalue weighted by Crippen LogP contribution is -2.30. The van der Waals surface area contributed by atoms with Crippen LogP contribution in [0.1, 0.15) is 60.6 Å².